The van der Waals surface area contributed by atoms with E-state index >= 15 is 0 Å². The van der Waals surface area contributed by atoms with Crippen molar-refractivity contribution in [2.75, 3.05) is 12.4 Å². The minimum absolute atomic E-state index is 0.335. The van der Waals surface area contributed by atoms with Crippen LogP contribution in [-0.4, -0.2) is 30.7 Å². The molecule has 0 saturated carbocycles. The van der Waals surface area contributed by atoms with Gasteiger partial charge in [-0.05, 0) is 44.3 Å². The second-order valence-electron chi connectivity index (χ2n) is 5.37. The maximum atomic E-state index is 6.01. The van der Waals surface area contributed by atoms with Gasteiger partial charge in [0.25, 0.3) is 0 Å². The monoisotopic (exact) mass is 246 g/mol. The molecule has 3 atom stereocenters. The van der Waals surface area contributed by atoms with E-state index in [-0.39, 0.29) is 0 Å². The molecule has 1 aliphatic rings. The predicted molar refractivity (Wildman–Crippen MR) is 71.2 cm³/mol. The fraction of sp³-hybridized carbons (Fsp3) is 1.00. The third-order valence-corrected chi connectivity index (χ3v) is 3.85. The normalized spacial score (nSPS) is 33.0. The topological polar surface area (TPSA) is 18.5 Å². The zero-order chi connectivity index (χ0) is 12.1. The smallest absolute Gasteiger partial charge is 0.0624 e. The number of hydrogen-bond donors (Lipinski definition) is 1. The van der Waals surface area contributed by atoms with Crippen molar-refractivity contribution in [1.82, 2.24) is 0 Å². The Balaban J connectivity index is 2.30. The Morgan fingerprint density at radius 2 is 1.81 bits per heavy atom. The number of ether oxygens (including phenoxy) is 2. The molecule has 0 spiro atoms. The molecule has 0 aromatic carbocycles. The molecule has 0 aliphatic carbocycles. The maximum absolute atomic E-state index is 6.01. The molecule has 3 unspecified atom stereocenters. The molecule has 0 aromatic heterocycles. The number of rotatable bonds is 5. The minimum Gasteiger partial charge on any atom is -0.378 e. The largest absolute Gasteiger partial charge is 0.378 e. The molecule has 2 nitrogen and oxygen atoms in total. The van der Waals surface area contributed by atoms with Crippen molar-refractivity contribution in [3.05, 3.63) is 0 Å². The van der Waals surface area contributed by atoms with E-state index in [1.54, 1.807) is 0 Å². The van der Waals surface area contributed by atoms with E-state index < -0.39 is 0 Å². The molecule has 0 amide bonds. The molecule has 0 aromatic rings. The van der Waals surface area contributed by atoms with Crippen LogP contribution in [0.2, 0.25) is 0 Å². The van der Waals surface area contributed by atoms with Gasteiger partial charge in [0, 0.05) is 0 Å². The van der Waals surface area contributed by atoms with Crippen LogP contribution in [-0.2, 0) is 9.47 Å². The van der Waals surface area contributed by atoms with Crippen LogP contribution in [0.3, 0.4) is 0 Å². The summed E-state index contributed by atoms with van der Waals surface area (Å²) in [6.45, 7) is 9.57. The highest BCUT2D eigenvalue weighted by molar-refractivity contribution is 7.80. The quantitative estimate of drug-likeness (QED) is 0.751. The Morgan fingerprint density at radius 3 is 2.25 bits per heavy atom. The lowest BCUT2D eigenvalue weighted by molar-refractivity contribution is -0.107. The van der Waals surface area contributed by atoms with Gasteiger partial charge in [-0.3, -0.25) is 0 Å². The SMILES string of the molecule is CC1CC(OCC(CS)C(C)C)CC(C)O1. The molecule has 1 heterocycles. The first kappa shape index (κ1) is 14.3. The summed E-state index contributed by atoms with van der Waals surface area (Å²) in [4.78, 5) is 0. The van der Waals surface area contributed by atoms with Crippen LogP contribution in [0.15, 0.2) is 0 Å². The summed E-state index contributed by atoms with van der Waals surface area (Å²) in [6, 6.07) is 0. The Morgan fingerprint density at radius 1 is 1.25 bits per heavy atom. The van der Waals surface area contributed by atoms with Crippen molar-refractivity contribution in [3.63, 3.8) is 0 Å². The molecule has 1 fully saturated rings. The van der Waals surface area contributed by atoms with Crippen LogP contribution >= 0.6 is 12.6 Å². The summed E-state index contributed by atoms with van der Waals surface area (Å²) in [6.07, 6.45) is 3.10. The van der Waals surface area contributed by atoms with Gasteiger partial charge in [-0.1, -0.05) is 13.8 Å². The molecule has 0 N–H and O–H groups in total. The molecule has 0 radical (unpaired) electrons. The summed E-state index contributed by atoms with van der Waals surface area (Å²) in [7, 11) is 0. The summed E-state index contributed by atoms with van der Waals surface area (Å²) < 4.78 is 11.7. The lowest BCUT2D eigenvalue weighted by atomic mass is 9.98. The highest BCUT2D eigenvalue weighted by Gasteiger charge is 2.25. The average molecular weight is 246 g/mol. The average Bonchev–Trinajstić information content (AvgIpc) is 2.16. The lowest BCUT2D eigenvalue weighted by Gasteiger charge is -2.33. The lowest BCUT2D eigenvalue weighted by Crippen LogP contribution is -2.35. The van der Waals surface area contributed by atoms with Crippen molar-refractivity contribution < 1.29 is 9.47 Å². The van der Waals surface area contributed by atoms with Crippen molar-refractivity contribution >= 4 is 12.6 Å². The zero-order valence-corrected chi connectivity index (χ0v) is 11.9. The third kappa shape index (κ3) is 4.64. The minimum atomic E-state index is 0.335. The van der Waals surface area contributed by atoms with E-state index in [0.717, 1.165) is 25.2 Å². The predicted octanol–water partition coefficient (Wildman–Crippen LogP) is 3.16. The molecule has 1 rings (SSSR count). The molecule has 96 valence electrons. The number of thiol groups is 1. The van der Waals surface area contributed by atoms with Gasteiger partial charge >= 0.3 is 0 Å². The molecule has 1 saturated heterocycles. The molecular weight excluding hydrogens is 220 g/mol. The Bertz CT molecular complexity index is 186. The van der Waals surface area contributed by atoms with Crippen LogP contribution in [0.25, 0.3) is 0 Å². The fourth-order valence-electron chi connectivity index (χ4n) is 2.20. The van der Waals surface area contributed by atoms with E-state index in [4.69, 9.17) is 9.47 Å². The van der Waals surface area contributed by atoms with Crippen LogP contribution in [0, 0.1) is 11.8 Å². The van der Waals surface area contributed by atoms with E-state index in [9.17, 15) is 0 Å². The highest BCUT2D eigenvalue weighted by Crippen LogP contribution is 2.23. The first-order valence-electron chi connectivity index (χ1n) is 6.40. The Kier molecular flexibility index (Phi) is 6.16. The van der Waals surface area contributed by atoms with Crippen LogP contribution in [0.5, 0.6) is 0 Å². The molecule has 16 heavy (non-hydrogen) atoms. The van der Waals surface area contributed by atoms with E-state index in [2.05, 4.69) is 40.3 Å². The second-order valence-corrected chi connectivity index (χ2v) is 5.74. The van der Waals surface area contributed by atoms with Gasteiger partial charge in [-0.15, -0.1) is 0 Å². The summed E-state index contributed by atoms with van der Waals surface area (Å²) in [5.74, 6) is 2.12. The van der Waals surface area contributed by atoms with Gasteiger partial charge < -0.3 is 9.47 Å². The zero-order valence-electron chi connectivity index (χ0n) is 11.0. The summed E-state index contributed by atoms with van der Waals surface area (Å²) in [5, 5.41) is 0. The molecule has 0 bridgehead atoms. The van der Waals surface area contributed by atoms with Gasteiger partial charge in [0.1, 0.15) is 0 Å². The summed E-state index contributed by atoms with van der Waals surface area (Å²) >= 11 is 4.38. The first-order chi connectivity index (χ1) is 7.52. The Labute approximate surface area is 105 Å². The third-order valence-electron chi connectivity index (χ3n) is 3.38. The molecule has 1 aliphatic heterocycles. The van der Waals surface area contributed by atoms with E-state index in [1.807, 2.05) is 0 Å². The van der Waals surface area contributed by atoms with E-state index in [1.165, 1.54) is 0 Å². The van der Waals surface area contributed by atoms with Gasteiger partial charge in [-0.2, -0.15) is 12.6 Å². The van der Waals surface area contributed by atoms with Crippen molar-refractivity contribution in [2.45, 2.75) is 58.8 Å². The van der Waals surface area contributed by atoms with Gasteiger partial charge in [-0.25, -0.2) is 0 Å². The number of hydrogen-bond acceptors (Lipinski definition) is 3. The van der Waals surface area contributed by atoms with Gasteiger partial charge in [0.15, 0.2) is 0 Å². The molecular formula is C13H26O2S. The van der Waals surface area contributed by atoms with Crippen molar-refractivity contribution in [1.29, 1.82) is 0 Å². The fourth-order valence-corrected chi connectivity index (χ4v) is 2.72. The molecule has 3 heteroatoms. The van der Waals surface area contributed by atoms with Crippen LogP contribution in [0.4, 0.5) is 0 Å². The van der Waals surface area contributed by atoms with Crippen molar-refractivity contribution in [3.8, 4) is 0 Å². The van der Waals surface area contributed by atoms with E-state index in [0.29, 0.717) is 30.1 Å². The van der Waals surface area contributed by atoms with Crippen molar-refractivity contribution in [2.24, 2.45) is 11.8 Å². The first-order valence-corrected chi connectivity index (χ1v) is 7.04. The van der Waals surface area contributed by atoms with Crippen LogP contribution < -0.4 is 0 Å². The van der Waals surface area contributed by atoms with Gasteiger partial charge in [0.2, 0.25) is 0 Å². The summed E-state index contributed by atoms with van der Waals surface area (Å²) in [5.41, 5.74) is 0. The standard InChI is InChI=1S/C13H26O2S/c1-9(2)12(8-16)7-14-13-5-10(3)15-11(4)6-13/h9-13,16H,5-8H2,1-4H3. The van der Waals surface area contributed by atoms with Gasteiger partial charge in [0.05, 0.1) is 24.9 Å². The maximum Gasteiger partial charge on any atom is 0.0624 e. The highest BCUT2D eigenvalue weighted by atomic mass is 32.1. The second kappa shape index (κ2) is 6.87. The Hall–Kier alpha value is 0.270. The van der Waals surface area contributed by atoms with Crippen LogP contribution in [0.1, 0.15) is 40.5 Å².